The maximum Gasteiger partial charge on any atom is 0.240 e. The third-order valence-corrected chi connectivity index (χ3v) is 2.93. The molecule has 0 saturated carbocycles. The van der Waals surface area contributed by atoms with Crippen LogP contribution in [0.2, 0.25) is 0 Å². The van der Waals surface area contributed by atoms with E-state index in [9.17, 15) is 4.79 Å². The topological polar surface area (TPSA) is 107 Å². The number of anilines is 2. The number of nitrogen functional groups attached to an aromatic ring is 1. The first-order valence-electron chi connectivity index (χ1n) is 5.80. The van der Waals surface area contributed by atoms with E-state index in [-0.39, 0.29) is 18.6 Å². The molecule has 1 aromatic rings. The second-order valence-electron chi connectivity index (χ2n) is 4.25. The van der Waals surface area contributed by atoms with Crippen LogP contribution in [0.15, 0.2) is 6.07 Å². The minimum atomic E-state index is -0.335. The molecule has 2 heterocycles. The van der Waals surface area contributed by atoms with Crippen LogP contribution in [-0.4, -0.2) is 35.6 Å². The van der Waals surface area contributed by atoms with Crippen molar-refractivity contribution < 1.29 is 9.53 Å². The Bertz CT molecular complexity index is 451. The predicted octanol–water partition coefficient (Wildman–Crippen LogP) is -0.341. The molecular formula is C11H17N5O2. The molecule has 1 fully saturated rings. The maximum absolute atomic E-state index is 11.4. The average molecular weight is 251 g/mol. The van der Waals surface area contributed by atoms with Gasteiger partial charge in [-0.15, -0.1) is 0 Å². The quantitative estimate of drug-likeness (QED) is 0.758. The Morgan fingerprint density at radius 1 is 1.61 bits per heavy atom. The van der Waals surface area contributed by atoms with Gasteiger partial charge in [0.15, 0.2) is 5.82 Å². The summed E-state index contributed by atoms with van der Waals surface area (Å²) in [6.07, 6.45) is 1.66. The zero-order valence-corrected chi connectivity index (χ0v) is 10.3. The van der Waals surface area contributed by atoms with E-state index in [2.05, 4.69) is 9.97 Å². The Morgan fingerprint density at radius 2 is 2.39 bits per heavy atom. The highest BCUT2D eigenvalue weighted by Gasteiger charge is 2.30. The Kier molecular flexibility index (Phi) is 3.61. The minimum absolute atomic E-state index is 0.285. The summed E-state index contributed by atoms with van der Waals surface area (Å²) < 4.78 is 4.98. The normalized spacial score (nSPS) is 19.2. The summed E-state index contributed by atoms with van der Waals surface area (Å²) in [5, 5.41) is 0. The van der Waals surface area contributed by atoms with E-state index in [1.807, 2.05) is 4.90 Å². The van der Waals surface area contributed by atoms with Crippen molar-refractivity contribution in [2.45, 2.75) is 25.5 Å². The fraction of sp³-hybridized carbons (Fsp3) is 0.545. The second-order valence-corrected chi connectivity index (χ2v) is 4.25. The number of amides is 1. The van der Waals surface area contributed by atoms with E-state index in [1.165, 1.54) is 0 Å². The van der Waals surface area contributed by atoms with E-state index in [0.717, 1.165) is 19.4 Å². The Labute approximate surface area is 105 Å². The number of rotatable bonds is 4. The number of nitrogens with two attached hydrogens (primary N) is 2. The van der Waals surface area contributed by atoms with Gasteiger partial charge in [-0.2, -0.15) is 0 Å². The van der Waals surface area contributed by atoms with Crippen LogP contribution in [0.25, 0.3) is 0 Å². The molecule has 1 saturated heterocycles. The summed E-state index contributed by atoms with van der Waals surface area (Å²) in [7, 11) is 1.56. The summed E-state index contributed by atoms with van der Waals surface area (Å²) in [5.41, 5.74) is 11.1. The number of hydrogen-bond donors (Lipinski definition) is 2. The van der Waals surface area contributed by atoms with Gasteiger partial charge in [-0.25, -0.2) is 9.97 Å². The molecule has 0 aliphatic carbocycles. The molecule has 98 valence electrons. The fourth-order valence-electron chi connectivity index (χ4n) is 2.18. The van der Waals surface area contributed by atoms with Crippen molar-refractivity contribution >= 4 is 17.5 Å². The van der Waals surface area contributed by atoms with Gasteiger partial charge in [-0.1, -0.05) is 0 Å². The van der Waals surface area contributed by atoms with Gasteiger partial charge in [0.2, 0.25) is 5.91 Å². The molecule has 18 heavy (non-hydrogen) atoms. The highest BCUT2D eigenvalue weighted by atomic mass is 16.5. The number of carbonyl (C=O) groups is 1. The molecule has 4 N–H and O–H groups in total. The third-order valence-electron chi connectivity index (χ3n) is 2.93. The van der Waals surface area contributed by atoms with Crippen LogP contribution in [0.4, 0.5) is 11.6 Å². The van der Waals surface area contributed by atoms with Crippen LogP contribution in [0.3, 0.4) is 0 Å². The van der Waals surface area contributed by atoms with E-state index >= 15 is 0 Å². The Balaban J connectivity index is 2.29. The van der Waals surface area contributed by atoms with Crippen molar-refractivity contribution in [2.75, 3.05) is 24.3 Å². The summed E-state index contributed by atoms with van der Waals surface area (Å²) in [5.74, 6) is 1.17. The predicted molar refractivity (Wildman–Crippen MR) is 66.7 cm³/mol. The number of hydrogen-bond acceptors (Lipinski definition) is 6. The van der Waals surface area contributed by atoms with Crippen LogP contribution >= 0.6 is 0 Å². The molecule has 1 aliphatic rings. The lowest BCUT2D eigenvalue weighted by atomic mass is 10.2. The number of ether oxygens (including phenoxy) is 1. The second kappa shape index (κ2) is 5.18. The van der Waals surface area contributed by atoms with Crippen molar-refractivity contribution in [3.8, 4) is 0 Å². The molecule has 7 nitrogen and oxygen atoms in total. The molecule has 0 aromatic carbocycles. The van der Waals surface area contributed by atoms with Crippen molar-refractivity contribution in [1.29, 1.82) is 0 Å². The van der Waals surface area contributed by atoms with Crippen LogP contribution in [-0.2, 0) is 16.1 Å². The summed E-state index contributed by atoms with van der Waals surface area (Å²) in [6.45, 7) is 1.03. The van der Waals surface area contributed by atoms with E-state index in [0.29, 0.717) is 17.5 Å². The van der Waals surface area contributed by atoms with Crippen LogP contribution < -0.4 is 16.4 Å². The first-order valence-corrected chi connectivity index (χ1v) is 5.80. The van der Waals surface area contributed by atoms with E-state index in [1.54, 1.807) is 13.2 Å². The highest BCUT2D eigenvalue weighted by molar-refractivity contribution is 5.84. The first-order chi connectivity index (χ1) is 8.61. The minimum Gasteiger partial charge on any atom is -0.384 e. The summed E-state index contributed by atoms with van der Waals surface area (Å²) >= 11 is 0. The smallest absolute Gasteiger partial charge is 0.240 e. The highest BCUT2D eigenvalue weighted by Crippen LogP contribution is 2.24. The monoisotopic (exact) mass is 251 g/mol. The van der Waals surface area contributed by atoms with Crippen LogP contribution in [0.5, 0.6) is 0 Å². The molecule has 2 rings (SSSR count). The fourth-order valence-corrected chi connectivity index (χ4v) is 2.18. The lowest BCUT2D eigenvalue weighted by molar-refractivity contribution is -0.119. The number of methoxy groups -OCH3 is 1. The van der Waals surface area contributed by atoms with Gasteiger partial charge in [0.05, 0.1) is 0 Å². The molecule has 1 amide bonds. The van der Waals surface area contributed by atoms with Crippen molar-refractivity contribution in [3.05, 3.63) is 11.9 Å². The zero-order valence-electron chi connectivity index (χ0n) is 10.3. The number of primary amides is 1. The van der Waals surface area contributed by atoms with Gasteiger partial charge in [0.1, 0.15) is 24.3 Å². The first kappa shape index (κ1) is 12.6. The molecule has 1 aromatic heterocycles. The van der Waals surface area contributed by atoms with Gasteiger partial charge in [-0.3, -0.25) is 4.79 Å². The van der Waals surface area contributed by atoms with Crippen LogP contribution in [0.1, 0.15) is 18.7 Å². The molecule has 1 atom stereocenters. The van der Waals surface area contributed by atoms with E-state index in [4.69, 9.17) is 16.2 Å². The van der Waals surface area contributed by atoms with Crippen molar-refractivity contribution in [2.24, 2.45) is 5.73 Å². The molecule has 0 bridgehead atoms. The lowest BCUT2D eigenvalue weighted by Crippen LogP contribution is -2.40. The number of carbonyl (C=O) groups excluding carboxylic acids is 1. The lowest BCUT2D eigenvalue weighted by Gasteiger charge is -2.23. The van der Waals surface area contributed by atoms with Gasteiger partial charge < -0.3 is 21.1 Å². The largest absolute Gasteiger partial charge is 0.384 e. The molecule has 1 aliphatic heterocycles. The average Bonchev–Trinajstić information content (AvgIpc) is 2.77. The zero-order chi connectivity index (χ0) is 13.1. The summed E-state index contributed by atoms with van der Waals surface area (Å²) in [6, 6.07) is 1.34. The van der Waals surface area contributed by atoms with E-state index < -0.39 is 0 Å². The van der Waals surface area contributed by atoms with Gasteiger partial charge in [-0.05, 0) is 12.8 Å². The Morgan fingerprint density at radius 3 is 3.06 bits per heavy atom. The van der Waals surface area contributed by atoms with Gasteiger partial charge in [0, 0.05) is 19.7 Å². The SMILES string of the molecule is COCc1nc(N)cc(N2CCCC2C(N)=O)n1. The molecule has 7 heteroatoms. The van der Waals surface area contributed by atoms with Crippen LogP contribution in [0, 0.1) is 0 Å². The molecule has 1 unspecified atom stereocenters. The molecule has 0 spiro atoms. The summed E-state index contributed by atoms with van der Waals surface area (Å²) in [4.78, 5) is 21.6. The van der Waals surface area contributed by atoms with Crippen molar-refractivity contribution in [1.82, 2.24) is 9.97 Å². The Hall–Kier alpha value is -1.89. The van der Waals surface area contributed by atoms with Crippen molar-refractivity contribution in [3.63, 3.8) is 0 Å². The van der Waals surface area contributed by atoms with Gasteiger partial charge >= 0.3 is 0 Å². The third kappa shape index (κ3) is 2.51. The standard InChI is InChI=1S/C11H17N5O2/c1-18-6-9-14-8(12)5-10(15-9)16-4-2-3-7(16)11(13)17/h5,7H,2-4,6H2,1H3,(H2,13,17)(H2,12,14,15). The molecule has 0 radical (unpaired) electrons. The number of nitrogens with zero attached hydrogens (tertiary/aromatic N) is 3. The molecular weight excluding hydrogens is 234 g/mol. The maximum atomic E-state index is 11.4. The number of aromatic nitrogens is 2. The van der Waals surface area contributed by atoms with Gasteiger partial charge in [0.25, 0.3) is 0 Å².